The number of nitriles is 1. The molecule has 78 valence electrons. The molecular formula is C11H11BrN2O. The maximum Gasteiger partial charge on any atom is 0.224 e. The predicted octanol–water partition coefficient (Wildman–Crippen LogP) is 3.06. The summed E-state index contributed by atoms with van der Waals surface area (Å²) in [5, 5.41) is 11.5. The highest BCUT2D eigenvalue weighted by Gasteiger charge is 2.06. The van der Waals surface area contributed by atoms with Crippen molar-refractivity contribution in [2.24, 2.45) is 0 Å². The van der Waals surface area contributed by atoms with E-state index in [1.807, 2.05) is 13.0 Å². The SMILES string of the molecule is CCCC(=O)Nc1cc(Br)ccc1C#N. The fourth-order valence-electron chi connectivity index (χ4n) is 1.16. The second-order valence-corrected chi connectivity index (χ2v) is 4.02. The van der Waals surface area contributed by atoms with Gasteiger partial charge in [0.1, 0.15) is 6.07 Å². The molecule has 0 aliphatic carbocycles. The van der Waals surface area contributed by atoms with Crippen LogP contribution in [0.5, 0.6) is 0 Å². The van der Waals surface area contributed by atoms with Crippen LogP contribution >= 0.6 is 15.9 Å². The number of halogens is 1. The van der Waals surface area contributed by atoms with Crippen LogP contribution < -0.4 is 5.32 Å². The Labute approximate surface area is 97.2 Å². The third-order valence-corrected chi connectivity index (χ3v) is 2.35. The largest absolute Gasteiger partial charge is 0.325 e. The molecule has 15 heavy (non-hydrogen) atoms. The summed E-state index contributed by atoms with van der Waals surface area (Å²) >= 11 is 3.29. The molecule has 1 N–H and O–H groups in total. The summed E-state index contributed by atoms with van der Waals surface area (Å²) < 4.78 is 0.841. The van der Waals surface area contributed by atoms with Crippen molar-refractivity contribution >= 4 is 27.5 Å². The van der Waals surface area contributed by atoms with E-state index >= 15 is 0 Å². The fraction of sp³-hybridized carbons (Fsp3) is 0.273. The number of nitrogens with zero attached hydrogens (tertiary/aromatic N) is 1. The van der Waals surface area contributed by atoms with Crippen molar-refractivity contribution in [1.82, 2.24) is 0 Å². The van der Waals surface area contributed by atoms with Gasteiger partial charge < -0.3 is 5.32 Å². The van der Waals surface area contributed by atoms with E-state index in [4.69, 9.17) is 5.26 Å². The van der Waals surface area contributed by atoms with E-state index in [-0.39, 0.29) is 5.91 Å². The van der Waals surface area contributed by atoms with E-state index in [1.165, 1.54) is 0 Å². The van der Waals surface area contributed by atoms with Gasteiger partial charge in [0.15, 0.2) is 0 Å². The molecule has 0 spiro atoms. The lowest BCUT2D eigenvalue weighted by Crippen LogP contribution is -2.11. The third-order valence-electron chi connectivity index (χ3n) is 1.85. The zero-order chi connectivity index (χ0) is 11.3. The van der Waals surface area contributed by atoms with Crippen LogP contribution in [-0.2, 0) is 4.79 Å². The number of amides is 1. The smallest absolute Gasteiger partial charge is 0.224 e. The summed E-state index contributed by atoms with van der Waals surface area (Å²) in [5.41, 5.74) is 1.04. The van der Waals surface area contributed by atoms with E-state index in [9.17, 15) is 4.79 Å². The standard InChI is InChI=1S/C11H11BrN2O/c1-2-3-11(15)14-10-6-9(12)5-4-8(10)7-13/h4-6H,2-3H2,1H3,(H,14,15). The Morgan fingerprint density at radius 3 is 2.93 bits per heavy atom. The average molecular weight is 267 g/mol. The molecule has 0 heterocycles. The van der Waals surface area contributed by atoms with Gasteiger partial charge in [0.05, 0.1) is 11.3 Å². The van der Waals surface area contributed by atoms with Gasteiger partial charge in [-0.3, -0.25) is 4.79 Å². The van der Waals surface area contributed by atoms with Crippen LogP contribution in [-0.4, -0.2) is 5.91 Å². The van der Waals surface area contributed by atoms with E-state index in [0.717, 1.165) is 10.9 Å². The molecule has 0 saturated carbocycles. The van der Waals surface area contributed by atoms with E-state index in [0.29, 0.717) is 17.7 Å². The summed E-state index contributed by atoms with van der Waals surface area (Å²) in [7, 11) is 0. The lowest BCUT2D eigenvalue weighted by Gasteiger charge is -2.06. The molecule has 1 rings (SSSR count). The molecule has 0 aliphatic heterocycles. The van der Waals surface area contributed by atoms with Gasteiger partial charge in [-0.05, 0) is 24.6 Å². The summed E-state index contributed by atoms with van der Waals surface area (Å²) in [4.78, 5) is 11.4. The average Bonchev–Trinajstić information content (AvgIpc) is 2.18. The minimum absolute atomic E-state index is 0.0629. The normalized spacial score (nSPS) is 9.40. The minimum atomic E-state index is -0.0629. The van der Waals surface area contributed by atoms with Crippen LogP contribution in [0.2, 0.25) is 0 Å². The first-order valence-electron chi connectivity index (χ1n) is 4.67. The molecular weight excluding hydrogens is 256 g/mol. The van der Waals surface area contributed by atoms with E-state index in [1.54, 1.807) is 18.2 Å². The third kappa shape index (κ3) is 3.37. The Kier molecular flexibility index (Phi) is 4.32. The van der Waals surface area contributed by atoms with Gasteiger partial charge in [-0.1, -0.05) is 22.9 Å². The molecule has 0 atom stereocenters. The van der Waals surface area contributed by atoms with Gasteiger partial charge in [-0.25, -0.2) is 0 Å². The number of hydrogen-bond acceptors (Lipinski definition) is 2. The first-order chi connectivity index (χ1) is 7.17. The van der Waals surface area contributed by atoms with Gasteiger partial charge in [-0.15, -0.1) is 0 Å². The number of carbonyl (C=O) groups is 1. The van der Waals surface area contributed by atoms with Crippen molar-refractivity contribution in [1.29, 1.82) is 5.26 Å². The number of nitrogens with one attached hydrogen (secondary N) is 1. The molecule has 0 aromatic heterocycles. The van der Waals surface area contributed by atoms with Crippen molar-refractivity contribution in [3.63, 3.8) is 0 Å². The maximum absolute atomic E-state index is 11.4. The highest BCUT2D eigenvalue weighted by Crippen LogP contribution is 2.20. The zero-order valence-electron chi connectivity index (χ0n) is 8.38. The first-order valence-corrected chi connectivity index (χ1v) is 5.46. The monoisotopic (exact) mass is 266 g/mol. The molecule has 0 saturated heterocycles. The summed E-state index contributed by atoms with van der Waals surface area (Å²) in [6.07, 6.45) is 1.26. The van der Waals surface area contributed by atoms with Crippen LogP contribution in [0.4, 0.5) is 5.69 Å². The molecule has 1 aromatic rings. The number of anilines is 1. The number of benzene rings is 1. The second-order valence-electron chi connectivity index (χ2n) is 3.10. The first kappa shape index (κ1) is 11.7. The number of carbonyl (C=O) groups excluding carboxylic acids is 1. The second kappa shape index (κ2) is 5.52. The molecule has 0 aliphatic rings. The summed E-state index contributed by atoms with van der Waals surface area (Å²) in [6, 6.07) is 7.21. The zero-order valence-corrected chi connectivity index (χ0v) is 9.97. The van der Waals surface area contributed by atoms with Crippen molar-refractivity contribution < 1.29 is 4.79 Å². The Morgan fingerprint density at radius 1 is 1.60 bits per heavy atom. The molecule has 0 unspecified atom stereocenters. The molecule has 3 nitrogen and oxygen atoms in total. The molecule has 1 amide bonds. The lowest BCUT2D eigenvalue weighted by atomic mass is 10.2. The lowest BCUT2D eigenvalue weighted by molar-refractivity contribution is -0.116. The highest BCUT2D eigenvalue weighted by atomic mass is 79.9. The molecule has 1 aromatic carbocycles. The predicted molar refractivity (Wildman–Crippen MR) is 62.4 cm³/mol. The Balaban J connectivity index is 2.88. The van der Waals surface area contributed by atoms with Crippen molar-refractivity contribution in [2.45, 2.75) is 19.8 Å². The van der Waals surface area contributed by atoms with Crippen molar-refractivity contribution in [3.8, 4) is 6.07 Å². The minimum Gasteiger partial charge on any atom is -0.325 e. The van der Waals surface area contributed by atoms with Crippen LogP contribution in [0.1, 0.15) is 25.3 Å². The van der Waals surface area contributed by atoms with Crippen LogP contribution in [0, 0.1) is 11.3 Å². The van der Waals surface area contributed by atoms with Crippen molar-refractivity contribution in [2.75, 3.05) is 5.32 Å². The Bertz CT molecular complexity index is 410. The van der Waals surface area contributed by atoms with Crippen LogP contribution in [0.3, 0.4) is 0 Å². The van der Waals surface area contributed by atoms with Crippen molar-refractivity contribution in [3.05, 3.63) is 28.2 Å². The summed E-state index contributed by atoms with van der Waals surface area (Å²) in [5.74, 6) is -0.0629. The fourth-order valence-corrected chi connectivity index (χ4v) is 1.52. The van der Waals surface area contributed by atoms with Gasteiger partial charge in [0.2, 0.25) is 5.91 Å². The Hall–Kier alpha value is -1.34. The van der Waals surface area contributed by atoms with Crippen LogP contribution in [0.15, 0.2) is 22.7 Å². The van der Waals surface area contributed by atoms with Crippen LogP contribution in [0.25, 0.3) is 0 Å². The van der Waals surface area contributed by atoms with E-state index in [2.05, 4.69) is 21.2 Å². The highest BCUT2D eigenvalue weighted by molar-refractivity contribution is 9.10. The number of rotatable bonds is 3. The van der Waals surface area contributed by atoms with Gasteiger partial charge in [-0.2, -0.15) is 5.26 Å². The van der Waals surface area contributed by atoms with Gasteiger partial charge in [0, 0.05) is 10.9 Å². The maximum atomic E-state index is 11.4. The molecule has 0 fully saturated rings. The van der Waals surface area contributed by atoms with Gasteiger partial charge in [0.25, 0.3) is 0 Å². The van der Waals surface area contributed by atoms with E-state index < -0.39 is 0 Å². The number of hydrogen-bond donors (Lipinski definition) is 1. The summed E-state index contributed by atoms with van der Waals surface area (Å²) in [6.45, 7) is 1.94. The molecule has 0 bridgehead atoms. The van der Waals surface area contributed by atoms with Gasteiger partial charge >= 0.3 is 0 Å². The Morgan fingerprint density at radius 2 is 2.33 bits per heavy atom. The molecule has 4 heteroatoms. The molecule has 0 radical (unpaired) electrons. The topological polar surface area (TPSA) is 52.9 Å². The quantitative estimate of drug-likeness (QED) is 0.914.